The molecule has 2 aliphatic heterocycles. The largest absolute Gasteiger partial charge is 0.469 e. The molecule has 4 rings (SSSR count). The highest BCUT2D eigenvalue weighted by molar-refractivity contribution is 5.95. The normalized spacial score (nSPS) is 21.8. The highest BCUT2D eigenvalue weighted by Crippen LogP contribution is 2.22. The lowest BCUT2D eigenvalue weighted by Crippen LogP contribution is -2.48. The molecule has 2 aliphatic rings. The number of nitrogens with zero attached hydrogens (tertiary/aromatic N) is 4. The van der Waals surface area contributed by atoms with Gasteiger partial charge in [0.05, 0.1) is 37.3 Å². The highest BCUT2D eigenvalue weighted by Gasteiger charge is 2.31. The summed E-state index contributed by atoms with van der Waals surface area (Å²) >= 11 is 0. The number of furan rings is 1. The molecule has 2 aromatic rings. The summed E-state index contributed by atoms with van der Waals surface area (Å²) in [6, 6.07) is 3.92. The second-order valence-corrected chi connectivity index (χ2v) is 6.72. The van der Waals surface area contributed by atoms with Crippen molar-refractivity contribution in [3.8, 4) is 0 Å². The lowest BCUT2D eigenvalue weighted by atomic mass is 10.1. The zero-order valence-corrected chi connectivity index (χ0v) is 14.6. The average molecular weight is 344 g/mol. The van der Waals surface area contributed by atoms with Crippen LogP contribution in [0.3, 0.4) is 0 Å². The Hall–Kier alpha value is -2.12. The molecule has 25 heavy (non-hydrogen) atoms. The van der Waals surface area contributed by atoms with Crippen LogP contribution in [0.5, 0.6) is 0 Å². The predicted molar refractivity (Wildman–Crippen MR) is 91.2 cm³/mol. The van der Waals surface area contributed by atoms with Gasteiger partial charge in [-0.1, -0.05) is 0 Å². The number of hydrogen-bond donors (Lipinski definition) is 0. The first-order chi connectivity index (χ1) is 12.2. The number of fused-ring (bicyclic) bond motifs is 1. The molecule has 1 atom stereocenters. The Morgan fingerprint density at radius 1 is 1.28 bits per heavy atom. The van der Waals surface area contributed by atoms with Crippen LogP contribution in [0.15, 0.2) is 29.0 Å². The number of carbonyl (C=O) groups excluding carboxylic acids is 1. The molecule has 4 heterocycles. The number of morpholine rings is 1. The Morgan fingerprint density at radius 3 is 2.88 bits per heavy atom. The Labute approximate surface area is 147 Å². The predicted octanol–water partition coefficient (Wildman–Crippen LogP) is 1.53. The molecule has 7 nitrogen and oxygen atoms in total. The molecule has 0 spiro atoms. The molecule has 0 N–H and O–H groups in total. The minimum absolute atomic E-state index is 0.0409. The van der Waals surface area contributed by atoms with Gasteiger partial charge in [0, 0.05) is 38.4 Å². The van der Waals surface area contributed by atoms with Crippen LogP contribution in [-0.4, -0.2) is 64.4 Å². The average Bonchev–Trinajstić information content (AvgIpc) is 3.22. The maximum atomic E-state index is 13.2. The van der Waals surface area contributed by atoms with Crippen molar-refractivity contribution in [1.29, 1.82) is 0 Å². The fraction of sp³-hybridized carbons (Fsp3) is 0.556. The van der Waals surface area contributed by atoms with E-state index in [0.29, 0.717) is 17.9 Å². The van der Waals surface area contributed by atoms with Gasteiger partial charge in [0.2, 0.25) is 0 Å². The van der Waals surface area contributed by atoms with Crippen LogP contribution in [0.2, 0.25) is 0 Å². The minimum atomic E-state index is 0.0409. The van der Waals surface area contributed by atoms with E-state index < -0.39 is 0 Å². The van der Waals surface area contributed by atoms with Crippen LogP contribution < -0.4 is 0 Å². The maximum absolute atomic E-state index is 13.2. The lowest BCUT2D eigenvalue weighted by molar-refractivity contribution is 0.0202. The van der Waals surface area contributed by atoms with Gasteiger partial charge >= 0.3 is 0 Å². The van der Waals surface area contributed by atoms with Crippen LogP contribution >= 0.6 is 0 Å². The second kappa shape index (κ2) is 7.01. The van der Waals surface area contributed by atoms with Gasteiger partial charge in [-0.25, -0.2) is 0 Å². The third kappa shape index (κ3) is 3.34. The zero-order chi connectivity index (χ0) is 17.2. The van der Waals surface area contributed by atoms with E-state index in [2.05, 4.69) is 10.00 Å². The Balaban J connectivity index is 1.59. The van der Waals surface area contributed by atoms with Crippen LogP contribution in [0.4, 0.5) is 0 Å². The third-order valence-corrected chi connectivity index (χ3v) is 5.17. The van der Waals surface area contributed by atoms with Crippen molar-refractivity contribution in [3.05, 3.63) is 41.6 Å². The van der Waals surface area contributed by atoms with Crippen LogP contribution in [0, 0.1) is 6.92 Å². The lowest BCUT2D eigenvalue weighted by Gasteiger charge is -2.35. The molecule has 2 aromatic heterocycles. The summed E-state index contributed by atoms with van der Waals surface area (Å²) in [6.45, 7) is 7.51. The van der Waals surface area contributed by atoms with E-state index in [1.54, 1.807) is 12.3 Å². The number of carbonyl (C=O) groups is 1. The van der Waals surface area contributed by atoms with Crippen molar-refractivity contribution in [1.82, 2.24) is 19.6 Å². The second-order valence-electron chi connectivity index (χ2n) is 6.72. The topological polar surface area (TPSA) is 63.7 Å². The van der Waals surface area contributed by atoms with Crippen LogP contribution in [-0.2, 0) is 17.8 Å². The summed E-state index contributed by atoms with van der Waals surface area (Å²) in [6.07, 6.45) is 4.29. The molecule has 0 aromatic carbocycles. The number of hydrogen-bond acceptors (Lipinski definition) is 5. The van der Waals surface area contributed by atoms with Crippen molar-refractivity contribution >= 4 is 5.91 Å². The molecule has 0 unspecified atom stereocenters. The third-order valence-electron chi connectivity index (χ3n) is 5.17. The van der Waals surface area contributed by atoms with E-state index in [4.69, 9.17) is 9.15 Å². The SMILES string of the molecule is Cc1occc1C(=O)N1Cc2ccnn2CC[C@@H]1CN1CCOCC1. The first kappa shape index (κ1) is 16.4. The Bertz CT molecular complexity index is 732. The van der Waals surface area contributed by atoms with Crippen LogP contribution in [0.25, 0.3) is 0 Å². The van der Waals surface area contributed by atoms with E-state index >= 15 is 0 Å². The number of aromatic nitrogens is 2. The summed E-state index contributed by atoms with van der Waals surface area (Å²) in [5.41, 5.74) is 1.74. The standard InChI is InChI=1S/C18H24N4O3/c1-14-17(4-9-25-14)18(23)21-13-16-2-5-19-22(16)6-3-15(21)12-20-7-10-24-11-8-20/h2,4-5,9,15H,3,6-8,10-13H2,1H3/t15-/m1/s1. The molecule has 134 valence electrons. The van der Waals surface area contributed by atoms with Gasteiger partial charge in [-0.2, -0.15) is 5.10 Å². The van der Waals surface area contributed by atoms with E-state index in [1.807, 2.05) is 28.8 Å². The van der Waals surface area contributed by atoms with Crippen molar-refractivity contribution in [2.75, 3.05) is 32.8 Å². The molecule has 0 aliphatic carbocycles. The quantitative estimate of drug-likeness (QED) is 0.845. The van der Waals surface area contributed by atoms with Crippen LogP contribution in [0.1, 0.15) is 28.2 Å². The zero-order valence-electron chi connectivity index (χ0n) is 14.6. The highest BCUT2D eigenvalue weighted by atomic mass is 16.5. The molecule has 1 saturated heterocycles. The van der Waals surface area contributed by atoms with Crippen molar-refractivity contribution in [2.24, 2.45) is 0 Å². The molecule has 0 saturated carbocycles. The van der Waals surface area contributed by atoms with Gasteiger partial charge in [0.25, 0.3) is 5.91 Å². The van der Waals surface area contributed by atoms with E-state index in [1.165, 1.54) is 0 Å². The number of rotatable bonds is 3. The van der Waals surface area contributed by atoms with Crippen molar-refractivity contribution in [3.63, 3.8) is 0 Å². The van der Waals surface area contributed by atoms with Gasteiger partial charge in [0.15, 0.2) is 0 Å². The maximum Gasteiger partial charge on any atom is 0.258 e. The molecule has 1 fully saturated rings. The number of aryl methyl sites for hydroxylation is 2. The molecular formula is C18H24N4O3. The van der Waals surface area contributed by atoms with Gasteiger partial charge < -0.3 is 14.1 Å². The van der Waals surface area contributed by atoms with Gasteiger partial charge in [-0.05, 0) is 25.5 Å². The Kier molecular flexibility index (Phi) is 4.59. The van der Waals surface area contributed by atoms with E-state index in [0.717, 1.165) is 51.5 Å². The van der Waals surface area contributed by atoms with Crippen molar-refractivity contribution in [2.45, 2.75) is 32.5 Å². The number of amides is 1. The smallest absolute Gasteiger partial charge is 0.258 e. The van der Waals surface area contributed by atoms with E-state index in [-0.39, 0.29) is 11.9 Å². The first-order valence-corrected chi connectivity index (χ1v) is 8.88. The van der Waals surface area contributed by atoms with E-state index in [9.17, 15) is 4.79 Å². The molecule has 7 heteroatoms. The summed E-state index contributed by atoms with van der Waals surface area (Å²) in [5.74, 6) is 0.715. The minimum Gasteiger partial charge on any atom is -0.469 e. The summed E-state index contributed by atoms with van der Waals surface area (Å²) in [4.78, 5) is 17.6. The monoisotopic (exact) mass is 344 g/mol. The Morgan fingerprint density at radius 2 is 2.12 bits per heavy atom. The molecule has 0 bridgehead atoms. The summed E-state index contributed by atoms with van der Waals surface area (Å²) in [7, 11) is 0. The summed E-state index contributed by atoms with van der Waals surface area (Å²) < 4.78 is 12.8. The van der Waals surface area contributed by atoms with Gasteiger partial charge in [0.1, 0.15) is 5.76 Å². The van der Waals surface area contributed by atoms with Gasteiger partial charge in [-0.15, -0.1) is 0 Å². The van der Waals surface area contributed by atoms with Crippen molar-refractivity contribution < 1.29 is 13.9 Å². The number of ether oxygens (including phenoxy) is 1. The molecule has 0 radical (unpaired) electrons. The fourth-order valence-corrected chi connectivity index (χ4v) is 3.70. The fourth-order valence-electron chi connectivity index (χ4n) is 3.70. The molecule has 1 amide bonds. The summed E-state index contributed by atoms with van der Waals surface area (Å²) in [5, 5.41) is 4.40. The van der Waals surface area contributed by atoms with Gasteiger partial charge in [-0.3, -0.25) is 14.4 Å². The molecular weight excluding hydrogens is 320 g/mol. The first-order valence-electron chi connectivity index (χ1n) is 8.88.